The molecule has 0 amide bonds. The SMILES string of the molecule is CCCC(O)C(O)CCc1ccc(F)c(F)c1. The van der Waals surface area contributed by atoms with Gasteiger partial charge in [0.1, 0.15) is 0 Å². The molecule has 2 nitrogen and oxygen atoms in total. The van der Waals surface area contributed by atoms with E-state index in [2.05, 4.69) is 0 Å². The fourth-order valence-electron chi connectivity index (χ4n) is 1.69. The first-order valence-electron chi connectivity index (χ1n) is 5.84. The Balaban J connectivity index is 2.47. The van der Waals surface area contributed by atoms with Crippen molar-refractivity contribution >= 4 is 0 Å². The standard InChI is InChI=1S/C13H18F2O2/c1-2-3-12(16)13(17)7-5-9-4-6-10(14)11(15)8-9/h4,6,8,12-13,16-17H,2-3,5,7H2,1H3. The maximum atomic E-state index is 12.9. The van der Waals surface area contributed by atoms with Gasteiger partial charge in [0.2, 0.25) is 0 Å². The minimum atomic E-state index is -0.883. The maximum Gasteiger partial charge on any atom is 0.159 e. The number of benzene rings is 1. The molecule has 4 heteroatoms. The molecule has 0 spiro atoms. The van der Waals surface area contributed by atoms with Crippen molar-refractivity contribution in [1.29, 1.82) is 0 Å². The molecule has 2 N–H and O–H groups in total. The first-order valence-corrected chi connectivity index (χ1v) is 5.84. The van der Waals surface area contributed by atoms with Crippen molar-refractivity contribution in [2.45, 2.75) is 44.8 Å². The minimum absolute atomic E-state index is 0.340. The Morgan fingerprint density at radius 2 is 1.71 bits per heavy atom. The van der Waals surface area contributed by atoms with Gasteiger partial charge in [0.15, 0.2) is 11.6 Å². The maximum absolute atomic E-state index is 12.9. The van der Waals surface area contributed by atoms with E-state index in [4.69, 9.17) is 0 Å². The summed E-state index contributed by atoms with van der Waals surface area (Å²) < 4.78 is 25.6. The smallest absolute Gasteiger partial charge is 0.159 e. The van der Waals surface area contributed by atoms with E-state index in [1.165, 1.54) is 6.07 Å². The van der Waals surface area contributed by atoms with E-state index < -0.39 is 23.8 Å². The zero-order chi connectivity index (χ0) is 12.8. The first-order chi connectivity index (χ1) is 8.04. The molecule has 0 fully saturated rings. The molecule has 0 aliphatic heterocycles. The third-order valence-corrected chi connectivity index (χ3v) is 2.74. The Bertz CT molecular complexity index is 355. The molecule has 2 unspecified atom stereocenters. The van der Waals surface area contributed by atoms with E-state index in [1.807, 2.05) is 6.92 Å². The molecule has 1 aromatic rings. The number of aliphatic hydroxyl groups excluding tert-OH is 2. The molecular weight excluding hydrogens is 226 g/mol. The molecule has 0 aliphatic rings. The van der Waals surface area contributed by atoms with Crippen molar-refractivity contribution in [2.75, 3.05) is 0 Å². The van der Waals surface area contributed by atoms with Gasteiger partial charge in [-0.1, -0.05) is 19.4 Å². The Kier molecular flexibility index (Phi) is 5.51. The van der Waals surface area contributed by atoms with Crippen LogP contribution in [0.15, 0.2) is 18.2 Å². The van der Waals surface area contributed by atoms with E-state index in [0.29, 0.717) is 24.8 Å². The van der Waals surface area contributed by atoms with Crippen LogP contribution in [0.4, 0.5) is 8.78 Å². The molecule has 2 atom stereocenters. The van der Waals surface area contributed by atoms with Crippen LogP contribution in [-0.2, 0) is 6.42 Å². The van der Waals surface area contributed by atoms with Crippen molar-refractivity contribution in [1.82, 2.24) is 0 Å². The number of rotatable bonds is 6. The summed E-state index contributed by atoms with van der Waals surface area (Å²) in [6, 6.07) is 3.67. The number of hydrogen-bond donors (Lipinski definition) is 2. The summed E-state index contributed by atoms with van der Waals surface area (Å²) >= 11 is 0. The summed E-state index contributed by atoms with van der Waals surface area (Å²) in [5.41, 5.74) is 0.617. The lowest BCUT2D eigenvalue weighted by Crippen LogP contribution is -2.26. The van der Waals surface area contributed by atoms with Crippen molar-refractivity contribution < 1.29 is 19.0 Å². The van der Waals surface area contributed by atoms with E-state index in [-0.39, 0.29) is 0 Å². The van der Waals surface area contributed by atoms with Crippen molar-refractivity contribution in [3.05, 3.63) is 35.4 Å². The van der Waals surface area contributed by atoms with Crippen molar-refractivity contribution in [2.24, 2.45) is 0 Å². The molecule has 0 bridgehead atoms. The van der Waals surface area contributed by atoms with Gasteiger partial charge in [0.25, 0.3) is 0 Å². The Morgan fingerprint density at radius 1 is 1.06 bits per heavy atom. The Labute approximate surface area is 99.9 Å². The molecule has 0 saturated carbocycles. The van der Waals surface area contributed by atoms with E-state index in [9.17, 15) is 19.0 Å². The Morgan fingerprint density at radius 3 is 2.29 bits per heavy atom. The highest BCUT2D eigenvalue weighted by Crippen LogP contribution is 2.13. The number of aliphatic hydroxyl groups is 2. The van der Waals surface area contributed by atoms with Gasteiger partial charge in [-0.05, 0) is 37.0 Å². The van der Waals surface area contributed by atoms with Crippen LogP contribution < -0.4 is 0 Å². The van der Waals surface area contributed by atoms with Gasteiger partial charge in [-0.3, -0.25) is 0 Å². The number of aryl methyl sites for hydroxylation is 1. The average Bonchev–Trinajstić information content (AvgIpc) is 2.30. The summed E-state index contributed by atoms with van der Waals surface area (Å²) in [6.45, 7) is 1.92. The monoisotopic (exact) mass is 244 g/mol. The second-order valence-electron chi connectivity index (χ2n) is 4.21. The highest BCUT2D eigenvalue weighted by molar-refractivity contribution is 5.17. The van der Waals surface area contributed by atoms with Gasteiger partial charge in [-0.15, -0.1) is 0 Å². The van der Waals surface area contributed by atoms with Gasteiger partial charge in [0.05, 0.1) is 12.2 Å². The first kappa shape index (κ1) is 14.1. The molecule has 0 saturated heterocycles. The minimum Gasteiger partial charge on any atom is -0.390 e. The van der Waals surface area contributed by atoms with Crippen LogP contribution in [0.25, 0.3) is 0 Å². The summed E-state index contributed by atoms with van der Waals surface area (Å²) in [5, 5.41) is 19.1. The summed E-state index contributed by atoms with van der Waals surface area (Å²) in [4.78, 5) is 0. The lowest BCUT2D eigenvalue weighted by atomic mass is 10.0. The molecule has 1 rings (SSSR count). The predicted octanol–water partition coefficient (Wildman–Crippen LogP) is 2.42. The molecule has 17 heavy (non-hydrogen) atoms. The quantitative estimate of drug-likeness (QED) is 0.806. The van der Waals surface area contributed by atoms with Crippen LogP contribution in [-0.4, -0.2) is 22.4 Å². The lowest BCUT2D eigenvalue weighted by molar-refractivity contribution is 0.00980. The van der Waals surface area contributed by atoms with Gasteiger partial charge >= 0.3 is 0 Å². The number of hydrogen-bond acceptors (Lipinski definition) is 2. The highest BCUT2D eigenvalue weighted by Gasteiger charge is 2.15. The summed E-state index contributed by atoms with van der Waals surface area (Å²) in [7, 11) is 0. The second kappa shape index (κ2) is 6.67. The lowest BCUT2D eigenvalue weighted by Gasteiger charge is -2.16. The molecule has 0 aliphatic carbocycles. The van der Waals surface area contributed by atoms with Gasteiger partial charge in [-0.25, -0.2) is 8.78 Å². The predicted molar refractivity (Wildman–Crippen MR) is 61.6 cm³/mol. The zero-order valence-electron chi connectivity index (χ0n) is 9.87. The van der Waals surface area contributed by atoms with Gasteiger partial charge in [0, 0.05) is 0 Å². The summed E-state index contributed by atoms with van der Waals surface area (Å²) in [5.74, 6) is -1.76. The van der Waals surface area contributed by atoms with Gasteiger partial charge < -0.3 is 10.2 Å². The van der Waals surface area contributed by atoms with Crippen LogP contribution in [0.1, 0.15) is 31.7 Å². The topological polar surface area (TPSA) is 40.5 Å². The molecule has 0 aromatic heterocycles. The third-order valence-electron chi connectivity index (χ3n) is 2.74. The fourth-order valence-corrected chi connectivity index (χ4v) is 1.69. The van der Waals surface area contributed by atoms with Crippen LogP contribution in [0.5, 0.6) is 0 Å². The largest absolute Gasteiger partial charge is 0.390 e. The zero-order valence-corrected chi connectivity index (χ0v) is 9.87. The molecule has 0 heterocycles. The van der Waals surface area contributed by atoms with Crippen molar-refractivity contribution in [3.63, 3.8) is 0 Å². The summed E-state index contributed by atoms with van der Waals surface area (Å²) in [6.07, 6.45) is 0.529. The second-order valence-corrected chi connectivity index (χ2v) is 4.21. The van der Waals surface area contributed by atoms with E-state index in [0.717, 1.165) is 18.6 Å². The fraction of sp³-hybridized carbons (Fsp3) is 0.538. The van der Waals surface area contributed by atoms with Crippen LogP contribution in [0, 0.1) is 11.6 Å². The Hall–Kier alpha value is -1.00. The molecule has 0 radical (unpaired) electrons. The van der Waals surface area contributed by atoms with Crippen LogP contribution in [0.3, 0.4) is 0 Å². The third kappa shape index (κ3) is 4.40. The molecule has 1 aromatic carbocycles. The number of halogens is 2. The average molecular weight is 244 g/mol. The van der Waals surface area contributed by atoms with Crippen molar-refractivity contribution in [3.8, 4) is 0 Å². The molecular formula is C13H18F2O2. The molecule has 96 valence electrons. The highest BCUT2D eigenvalue weighted by atomic mass is 19.2. The van der Waals surface area contributed by atoms with E-state index >= 15 is 0 Å². The van der Waals surface area contributed by atoms with Crippen LogP contribution >= 0.6 is 0 Å². The van der Waals surface area contributed by atoms with Crippen LogP contribution in [0.2, 0.25) is 0 Å². The van der Waals surface area contributed by atoms with Gasteiger partial charge in [-0.2, -0.15) is 0 Å². The van der Waals surface area contributed by atoms with E-state index in [1.54, 1.807) is 0 Å². The normalized spacial score (nSPS) is 14.6.